The van der Waals surface area contributed by atoms with Crippen LogP contribution in [0.2, 0.25) is 0 Å². The Morgan fingerprint density at radius 1 is 1.47 bits per heavy atom. The highest BCUT2D eigenvalue weighted by molar-refractivity contribution is 14.1. The second kappa shape index (κ2) is 8.30. The van der Waals surface area contributed by atoms with E-state index < -0.39 is 12.0 Å². The highest BCUT2D eigenvalue weighted by Crippen LogP contribution is 2.20. The Hall–Kier alpha value is -0.820. The van der Waals surface area contributed by atoms with Gasteiger partial charge in [-0.05, 0) is 53.8 Å². The minimum atomic E-state index is -0.874. The summed E-state index contributed by atoms with van der Waals surface area (Å²) in [6.07, 6.45) is 0.405. The predicted octanol–water partition coefficient (Wildman–Crippen LogP) is 2.24. The molecule has 1 rings (SSSR count). The predicted molar refractivity (Wildman–Crippen MR) is 76.4 cm³/mol. The molecule has 0 spiro atoms. The number of hydrogen-bond acceptors (Lipinski definition) is 3. The molecule has 0 amide bonds. The van der Waals surface area contributed by atoms with Crippen molar-refractivity contribution in [1.82, 2.24) is 5.32 Å². The summed E-state index contributed by atoms with van der Waals surface area (Å²) in [6, 6.07) is 4.49. The van der Waals surface area contributed by atoms with Crippen molar-refractivity contribution >= 4 is 28.6 Å². The molecule has 0 aliphatic carbocycles. The molecule has 1 aromatic carbocycles. The summed E-state index contributed by atoms with van der Waals surface area (Å²) in [5.41, 5.74) is 0.888. The average molecular weight is 351 g/mol. The molecule has 96 valence electrons. The van der Waals surface area contributed by atoms with Gasteiger partial charge in [0.25, 0.3) is 0 Å². The van der Waals surface area contributed by atoms with Crippen molar-refractivity contribution in [1.29, 1.82) is 0 Å². The van der Waals surface area contributed by atoms with Crippen molar-refractivity contribution in [2.24, 2.45) is 0 Å². The molecule has 0 fully saturated rings. The standard InChI is InChI=1S/C10H12INO3.C2H6/c1-12-8(10(14)15)5-6-2-3-9(13)7(11)4-6;1-2/h2-4,8,12-13H,5H2,1H3,(H,14,15);1-2H3/t8-;/m0./s1. The summed E-state index contributed by atoms with van der Waals surface area (Å²) in [7, 11) is 1.62. The van der Waals surface area contributed by atoms with E-state index in [0.717, 1.165) is 9.13 Å². The monoisotopic (exact) mass is 351 g/mol. The topological polar surface area (TPSA) is 69.6 Å². The van der Waals surface area contributed by atoms with Crippen LogP contribution in [0.5, 0.6) is 5.75 Å². The van der Waals surface area contributed by atoms with E-state index in [9.17, 15) is 9.90 Å². The molecule has 0 aromatic heterocycles. The van der Waals surface area contributed by atoms with E-state index >= 15 is 0 Å². The zero-order valence-electron chi connectivity index (χ0n) is 10.2. The van der Waals surface area contributed by atoms with Gasteiger partial charge in [-0.2, -0.15) is 0 Å². The fourth-order valence-electron chi connectivity index (χ4n) is 1.23. The van der Waals surface area contributed by atoms with Crippen molar-refractivity contribution < 1.29 is 15.0 Å². The Labute approximate surface area is 115 Å². The Kier molecular flexibility index (Phi) is 7.90. The van der Waals surface area contributed by atoms with Gasteiger partial charge in [0.05, 0.1) is 3.57 Å². The van der Waals surface area contributed by atoms with Crippen LogP contribution < -0.4 is 5.32 Å². The molecule has 0 aliphatic heterocycles. The Bertz CT molecular complexity index is 369. The van der Waals surface area contributed by atoms with Gasteiger partial charge in [0.2, 0.25) is 0 Å². The maximum atomic E-state index is 10.8. The number of likely N-dealkylation sites (N-methyl/N-ethyl adjacent to an activating group) is 1. The van der Waals surface area contributed by atoms with Gasteiger partial charge in [-0.1, -0.05) is 19.9 Å². The Balaban J connectivity index is 0.00000121. The lowest BCUT2D eigenvalue weighted by Gasteiger charge is -2.11. The van der Waals surface area contributed by atoms with Crippen molar-refractivity contribution in [3.63, 3.8) is 0 Å². The van der Waals surface area contributed by atoms with E-state index in [2.05, 4.69) is 5.32 Å². The second-order valence-corrected chi connectivity index (χ2v) is 4.33. The van der Waals surface area contributed by atoms with Crippen LogP contribution in [0.15, 0.2) is 18.2 Å². The van der Waals surface area contributed by atoms with Crippen LogP contribution in [0.1, 0.15) is 19.4 Å². The van der Waals surface area contributed by atoms with Crippen molar-refractivity contribution in [3.05, 3.63) is 27.3 Å². The summed E-state index contributed by atoms with van der Waals surface area (Å²) in [5.74, 6) is -0.656. The molecule has 0 aliphatic rings. The number of benzene rings is 1. The average Bonchev–Trinajstić information content (AvgIpc) is 2.32. The molecule has 3 N–H and O–H groups in total. The molecule has 0 unspecified atom stereocenters. The minimum Gasteiger partial charge on any atom is -0.507 e. The highest BCUT2D eigenvalue weighted by Gasteiger charge is 2.15. The molecule has 1 atom stereocenters. The van der Waals surface area contributed by atoms with E-state index in [1.807, 2.05) is 36.4 Å². The van der Waals surface area contributed by atoms with Gasteiger partial charge in [-0.25, -0.2) is 0 Å². The summed E-state index contributed by atoms with van der Waals surface area (Å²) in [6.45, 7) is 4.00. The van der Waals surface area contributed by atoms with Gasteiger partial charge in [0, 0.05) is 0 Å². The summed E-state index contributed by atoms with van der Waals surface area (Å²) in [5, 5.41) is 20.9. The number of phenols is 1. The quantitative estimate of drug-likeness (QED) is 0.728. The van der Waals surface area contributed by atoms with Crippen LogP contribution in [-0.4, -0.2) is 29.3 Å². The molecular formula is C12H18INO3. The first-order valence-corrected chi connectivity index (χ1v) is 6.50. The van der Waals surface area contributed by atoms with Gasteiger partial charge in [-0.3, -0.25) is 4.79 Å². The Morgan fingerprint density at radius 3 is 2.47 bits per heavy atom. The van der Waals surface area contributed by atoms with Crippen LogP contribution >= 0.6 is 22.6 Å². The molecule has 17 heavy (non-hydrogen) atoms. The SMILES string of the molecule is CC.CN[C@@H](Cc1ccc(O)c(I)c1)C(=O)O. The number of hydrogen-bond donors (Lipinski definition) is 3. The largest absolute Gasteiger partial charge is 0.507 e. The first-order chi connectivity index (χ1) is 8.04. The molecule has 0 heterocycles. The number of aliphatic carboxylic acids is 1. The third-order valence-electron chi connectivity index (χ3n) is 2.10. The second-order valence-electron chi connectivity index (χ2n) is 3.17. The van der Waals surface area contributed by atoms with Crippen molar-refractivity contribution in [3.8, 4) is 5.75 Å². The van der Waals surface area contributed by atoms with Gasteiger partial charge in [0.1, 0.15) is 11.8 Å². The normalized spacial score (nSPS) is 11.3. The summed E-state index contributed by atoms with van der Waals surface area (Å²) in [4.78, 5) is 10.8. The van der Waals surface area contributed by atoms with Crippen molar-refractivity contribution in [2.75, 3.05) is 7.05 Å². The number of aromatic hydroxyl groups is 1. The lowest BCUT2D eigenvalue weighted by Crippen LogP contribution is -2.35. The molecule has 0 saturated heterocycles. The summed E-state index contributed by atoms with van der Waals surface area (Å²) < 4.78 is 0.727. The highest BCUT2D eigenvalue weighted by atomic mass is 127. The fourth-order valence-corrected chi connectivity index (χ4v) is 1.81. The van der Waals surface area contributed by atoms with Gasteiger partial charge < -0.3 is 15.5 Å². The number of rotatable bonds is 4. The van der Waals surface area contributed by atoms with E-state index in [1.54, 1.807) is 25.2 Å². The molecular weight excluding hydrogens is 333 g/mol. The van der Waals surface area contributed by atoms with Crippen LogP contribution in [0.4, 0.5) is 0 Å². The van der Waals surface area contributed by atoms with E-state index in [-0.39, 0.29) is 5.75 Å². The first kappa shape index (κ1) is 16.2. The third kappa shape index (κ3) is 5.36. The third-order valence-corrected chi connectivity index (χ3v) is 2.96. The van der Waals surface area contributed by atoms with Crippen LogP contribution in [0.25, 0.3) is 0 Å². The fraction of sp³-hybridized carbons (Fsp3) is 0.417. The summed E-state index contributed by atoms with van der Waals surface area (Å²) >= 11 is 2.01. The molecule has 0 saturated carbocycles. The van der Waals surface area contributed by atoms with Crippen LogP contribution in [-0.2, 0) is 11.2 Å². The number of carboxylic acid groups (broad SMARTS) is 1. The molecule has 0 bridgehead atoms. The molecule has 4 nitrogen and oxygen atoms in total. The van der Waals surface area contributed by atoms with Gasteiger partial charge in [0.15, 0.2) is 0 Å². The maximum absolute atomic E-state index is 10.8. The van der Waals surface area contributed by atoms with Crippen molar-refractivity contribution in [2.45, 2.75) is 26.3 Å². The number of carbonyl (C=O) groups is 1. The lowest BCUT2D eigenvalue weighted by molar-refractivity contribution is -0.139. The van der Waals surface area contributed by atoms with Gasteiger partial charge >= 0.3 is 5.97 Å². The van der Waals surface area contributed by atoms with Crippen LogP contribution in [0, 0.1) is 3.57 Å². The molecule has 1 aromatic rings. The maximum Gasteiger partial charge on any atom is 0.321 e. The number of carboxylic acids is 1. The lowest BCUT2D eigenvalue weighted by atomic mass is 10.1. The zero-order chi connectivity index (χ0) is 13.4. The van der Waals surface area contributed by atoms with Gasteiger partial charge in [-0.15, -0.1) is 0 Å². The minimum absolute atomic E-state index is 0.218. The molecule has 0 radical (unpaired) electrons. The van der Waals surface area contributed by atoms with E-state index in [1.165, 1.54) is 0 Å². The first-order valence-electron chi connectivity index (χ1n) is 5.42. The Morgan fingerprint density at radius 2 is 2.06 bits per heavy atom. The van der Waals surface area contributed by atoms with Crippen LogP contribution in [0.3, 0.4) is 0 Å². The number of halogens is 1. The van der Waals surface area contributed by atoms with E-state index in [0.29, 0.717) is 6.42 Å². The number of phenolic OH excluding ortho intramolecular Hbond substituents is 1. The number of nitrogens with one attached hydrogen (secondary N) is 1. The molecule has 5 heteroatoms. The zero-order valence-corrected chi connectivity index (χ0v) is 12.4. The van der Waals surface area contributed by atoms with E-state index in [4.69, 9.17) is 5.11 Å². The smallest absolute Gasteiger partial charge is 0.321 e.